The maximum Gasteiger partial charge on any atom is 0.338 e. The van der Waals surface area contributed by atoms with E-state index in [1.165, 1.54) is 6.07 Å². The van der Waals surface area contributed by atoms with Gasteiger partial charge in [-0.1, -0.05) is 82.4 Å². The van der Waals surface area contributed by atoms with E-state index in [4.69, 9.17) is 58.6 Å². The lowest BCUT2D eigenvalue weighted by Crippen LogP contribution is -2.46. The number of nitrogens with zero attached hydrogens (tertiary/aromatic N) is 2. The number of thiocarbonyl (C=S) groups is 1. The molecule has 0 radical (unpaired) electrons. The van der Waals surface area contributed by atoms with Gasteiger partial charge in [-0.05, 0) is 54.7 Å². The summed E-state index contributed by atoms with van der Waals surface area (Å²) in [5, 5.41) is 6.36. The van der Waals surface area contributed by atoms with Crippen LogP contribution in [0.3, 0.4) is 0 Å². The molecule has 2 N–H and O–H groups in total. The van der Waals surface area contributed by atoms with Crippen LogP contribution < -0.4 is 10.7 Å². The molecule has 1 aliphatic heterocycles. The zero-order valence-electron chi connectivity index (χ0n) is 19.2. The predicted octanol–water partition coefficient (Wildman–Crippen LogP) is 8.24. The summed E-state index contributed by atoms with van der Waals surface area (Å²) < 4.78 is 2.22. The summed E-state index contributed by atoms with van der Waals surface area (Å²) >= 11 is 31.2. The molecule has 4 aromatic rings. The molecule has 0 aliphatic carbocycles. The van der Waals surface area contributed by atoms with Crippen LogP contribution in [0.4, 0.5) is 10.5 Å². The van der Waals surface area contributed by atoms with Crippen LogP contribution in [0, 0.1) is 0 Å². The van der Waals surface area contributed by atoms with E-state index in [9.17, 15) is 9.59 Å². The van der Waals surface area contributed by atoms with Crippen molar-refractivity contribution in [2.75, 3.05) is 5.32 Å². The molecule has 1 saturated heterocycles. The van der Waals surface area contributed by atoms with Gasteiger partial charge in [0.25, 0.3) is 5.91 Å². The molecule has 0 atom stereocenters. The number of aromatic nitrogens is 1. The zero-order chi connectivity index (χ0) is 27.0. The summed E-state index contributed by atoms with van der Waals surface area (Å²) in [5.41, 5.74) is 5.45. The fraction of sp³-hybridized carbons (Fsp3) is 0.0385. The first-order valence-corrected chi connectivity index (χ1v) is 13.8. The Kier molecular flexibility index (Phi) is 7.90. The molecule has 1 aliphatic rings. The van der Waals surface area contributed by atoms with E-state index in [0.29, 0.717) is 32.2 Å². The van der Waals surface area contributed by atoms with Crippen LogP contribution in [0.2, 0.25) is 20.1 Å². The van der Waals surface area contributed by atoms with E-state index >= 15 is 0 Å². The Labute approximate surface area is 247 Å². The second-order valence-electron chi connectivity index (χ2n) is 8.14. The van der Waals surface area contributed by atoms with E-state index in [1.54, 1.807) is 36.4 Å². The molecule has 1 fully saturated rings. The molecule has 6 nitrogen and oxygen atoms in total. The first kappa shape index (κ1) is 26.9. The number of amides is 3. The molecular formula is C26H16Cl4N4O2S2. The number of rotatable bonds is 5. The lowest BCUT2D eigenvalue weighted by Gasteiger charge is -2.16. The average molecular weight is 622 g/mol. The maximum absolute atomic E-state index is 13.2. The highest BCUT2D eigenvalue weighted by molar-refractivity contribution is 8.26. The first-order chi connectivity index (χ1) is 18.2. The minimum absolute atomic E-state index is 0.192. The molecular weight excluding hydrogens is 606 g/mol. The Morgan fingerprint density at radius 1 is 0.947 bits per heavy atom. The summed E-state index contributed by atoms with van der Waals surface area (Å²) in [7, 11) is 0. The fourth-order valence-electron chi connectivity index (χ4n) is 3.91. The van der Waals surface area contributed by atoms with Gasteiger partial charge in [-0.15, -0.1) is 0 Å². The summed E-state index contributed by atoms with van der Waals surface area (Å²) in [4.78, 5) is 26.0. The zero-order valence-corrected chi connectivity index (χ0v) is 23.8. The maximum atomic E-state index is 13.2. The second kappa shape index (κ2) is 11.2. The topological polar surface area (TPSA) is 66.4 Å². The van der Waals surface area contributed by atoms with Gasteiger partial charge in [-0.2, -0.15) is 5.01 Å². The van der Waals surface area contributed by atoms with Crippen LogP contribution in [0.15, 0.2) is 71.8 Å². The number of fused-ring (bicyclic) bond motifs is 1. The molecule has 0 unspecified atom stereocenters. The summed E-state index contributed by atoms with van der Waals surface area (Å²) in [6, 6.07) is 17.2. The van der Waals surface area contributed by atoms with Crippen LogP contribution >= 0.6 is 70.4 Å². The molecule has 1 aromatic heterocycles. The van der Waals surface area contributed by atoms with Crippen LogP contribution in [0.5, 0.6) is 0 Å². The highest BCUT2D eigenvalue weighted by Crippen LogP contribution is 2.34. The van der Waals surface area contributed by atoms with Crippen molar-refractivity contribution in [3.63, 3.8) is 0 Å². The number of urea groups is 1. The number of hydrazine groups is 1. The smallest absolute Gasteiger partial charge is 0.338 e. The molecule has 192 valence electrons. The van der Waals surface area contributed by atoms with Crippen molar-refractivity contribution in [1.82, 2.24) is 15.0 Å². The van der Waals surface area contributed by atoms with E-state index in [1.807, 2.05) is 35.0 Å². The number of hydrogen-bond acceptors (Lipinski definition) is 4. The van der Waals surface area contributed by atoms with Crippen molar-refractivity contribution >= 4 is 109 Å². The van der Waals surface area contributed by atoms with E-state index in [-0.39, 0.29) is 9.34 Å². The lowest BCUT2D eigenvalue weighted by molar-refractivity contribution is -0.123. The largest absolute Gasteiger partial charge is 0.342 e. The number of anilines is 1. The standard InChI is InChI=1S/C26H16Cl4N4O2S2/c27-18-5-3-6-19(28)17(18)13-33-12-14(16-4-1-2-7-22(16)33)10-23-24(35)34(26(37)38-23)32-25(36)31-15-8-9-20(29)21(30)11-15/h1-12H,13H2,(H2,31,32,36)/b23-10-. The Morgan fingerprint density at radius 3 is 2.42 bits per heavy atom. The summed E-state index contributed by atoms with van der Waals surface area (Å²) in [6.07, 6.45) is 3.69. The number of halogens is 4. The number of carbonyl (C=O) groups excluding carboxylic acids is 2. The average Bonchev–Trinajstić information content (AvgIpc) is 3.35. The molecule has 0 spiro atoms. The Hall–Kier alpha value is -2.72. The number of thioether (sulfide) groups is 1. The second-order valence-corrected chi connectivity index (χ2v) is 11.4. The van der Waals surface area contributed by atoms with Gasteiger partial charge in [0.15, 0.2) is 4.32 Å². The Bertz CT molecular complexity index is 1630. The highest BCUT2D eigenvalue weighted by Gasteiger charge is 2.34. The van der Waals surface area contributed by atoms with Gasteiger partial charge in [0.1, 0.15) is 0 Å². The van der Waals surface area contributed by atoms with E-state index in [2.05, 4.69) is 10.7 Å². The number of nitrogens with one attached hydrogen (secondary N) is 2. The number of hydrogen-bond donors (Lipinski definition) is 2. The SMILES string of the molecule is O=C(Nc1ccc(Cl)c(Cl)c1)NN1C(=O)/C(=C/c2cn(Cc3c(Cl)cccc3Cl)c3ccccc23)SC1=S. The summed E-state index contributed by atoms with van der Waals surface area (Å²) in [6.45, 7) is 0.449. The third-order valence-electron chi connectivity index (χ3n) is 5.68. The van der Waals surface area contributed by atoms with Gasteiger partial charge in [0.05, 0.1) is 21.5 Å². The fourth-order valence-corrected chi connectivity index (χ4v) is 5.90. The van der Waals surface area contributed by atoms with Gasteiger partial charge >= 0.3 is 6.03 Å². The molecule has 0 saturated carbocycles. The Balaban J connectivity index is 1.38. The quantitative estimate of drug-likeness (QED) is 0.174. The minimum atomic E-state index is -0.658. The molecule has 5 rings (SSSR count). The third kappa shape index (κ3) is 5.52. The molecule has 12 heteroatoms. The molecule has 38 heavy (non-hydrogen) atoms. The van der Waals surface area contributed by atoms with Crippen molar-refractivity contribution in [1.29, 1.82) is 0 Å². The number of benzene rings is 3. The normalized spacial score (nSPS) is 14.5. The van der Waals surface area contributed by atoms with E-state index in [0.717, 1.165) is 38.8 Å². The van der Waals surface area contributed by atoms with Gasteiger partial charge < -0.3 is 9.88 Å². The van der Waals surface area contributed by atoms with Gasteiger partial charge in [0.2, 0.25) is 0 Å². The lowest BCUT2D eigenvalue weighted by atomic mass is 10.1. The van der Waals surface area contributed by atoms with Crippen molar-refractivity contribution in [3.05, 3.63) is 103 Å². The molecule has 2 heterocycles. The monoisotopic (exact) mass is 620 g/mol. The highest BCUT2D eigenvalue weighted by atomic mass is 35.5. The van der Waals surface area contributed by atoms with Crippen LogP contribution in [-0.4, -0.2) is 25.8 Å². The van der Waals surface area contributed by atoms with Crippen molar-refractivity contribution < 1.29 is 9.59 Å². The van der Waals surface area contributed by atoms with Crippen LogP contribution in [0.1, 0.15) is 11.1 Å². The molecule has 3 amide bonds. The van der Waals surface area contributed by atoms with Crippen molar-refractivity contribution in [2.24, 2.45) is 0 Å². The van der Waals surface area contributed by atoms with Gasteiger partial charge in [0, 0.05) is 44.0 Å². The molecule has 0 bridgehead atoms. The first-order valence-electron chi connectivity index (χ1n) is 11.0. The van der Waals surface area contributed by atoms with Crippen molar-refractivity contribution in [2.45, 2.75) is 6.54 Å². The van der Waals surface area contributed by atoms with Gasteiger partial charge in [-0.3, -0.25) is 4.79 Å². The third-order valence-corrected chi connectivity index (χ3v) is 8.43. The van der Waals surface area contributed by atoms with Crippen molar-refractivity contribution in [3.8, 4) is 0 Å². The predicted molar refractivity (Wildman–Crippen MR) is 161 cm³/mol. The van der Waals surface area contributed by atoms with Crippen LogP contribution in [0.25, 0.3) is 17.0 Å². The number of para-hydroxylation sites is 1. The van der Waals surface area contributed by atoms with E-state index < -0.39 is 11.9 Å². The summed E-state index contributed by atoms with van der Waals surface area (Å²) in [5.74, 6) is -0.449. The number of carbonyl (C=O) groups is 2. The molecule has 3 aromatic carbocycles. The Morgan fingerprint density at radius 2 is 1.68 bits per heavy atom. The van der Waals surface area contributed by atoms with Gasteiger partial charge in [-0.25, -0.2) is 10.2 Å². The minimum Gasteiger partial charge on any atom is -0.342 e. The van der Waals surface area contributed by atoms with Crippen LogP contribution in [-0.2, 0) is 11.3 Å².